The van der Waals surface area contributed by atoms with Crippen LogP contribution in [0.25, 0.3) is 0 Å². The van der Waals surface area contributed by atoms with Gasteiger partial charge in [-0.15, -0.1) is 4.99 Å². The summed E-state index contributed by atoms with van der Waals surface area (Å²) in [7, 11) is 0. The molecule has 0 spiro atoms. The Bertz CT molecular complexity index is 454. The topological polar surface area (TPSA) is 52.3 Å². The van der Waals surface area contributed by atoms with Crippen molar-refractivity contribution in [2.24, 2.45) is 4.99 Å². The van der Waals surface area contributed by atoms with Crippen molar-refractivity contribution in [3.05, 3.63) is 29.0 Å². The summed E-state index contributed by atoms with van der Waals surface area (Å²) < 4.78 is 0. The maximum absolute atomic E-state index is 8.54. The van der Waals surface area contributed by atoms with Gasteiger partial charge in [0.1, 0.15) is 5.15 Å². The molecule has 0 unspecified atom stereocenters. The smallest absolute Gasteiger partial charge is 0.208 e. The first-order chi connectivity index (χ1) is 7.79. The Morgan fingerprint density at radius 2 is 2.50 bits per heavy atom. The second-order valence-corrected chi connectivity index (χ2v) is 4.67. The molecule has 0 aromatic carbocycles. The van der Waals surface area contributed by atoms with Crippen molar-refractivity contribution in [2.75, 3.05) is 12.3 Å². The van der Waals surface area contributed by atoms with Gasteiger partial charge >= 0.3 is 0 Å². The van der Waals surface area contributed by atoms with E-state index in [4.69, 9.17) is 16.9 Å². The molecule has 1 saturated heterocycles. The lowest BCUT2D eigenvalue weighted by molar-refractivity contribution is 0.450. The highest BCUT2D eigenvalue weighted by molar-refractivity contribution is 8.14. The first-order valence-corrected chi connectivity index (χ1v) is 6.12. The SMILES string of the molecule is N#CN=C1SCCN1Cc1cccc(Cl)n1. The summed E-state index contributed by atoms with van der Waals surface area (Å²) in [5.41, 5.74) is 0.889. The zero-order valence-corrected chi connectivity index (χ0v) is 10.0. The number of amidine groups is 1. The molecule has 0 saturated carbocycles. The molecule has 1 aromatic rings. The van der Waals surface area contributed by atoms with Crippen LogP contribution in [-0.2, 0) is 6.54 Å². The van der Waals surface area contributed by atoms with E-state index in [0.29, 0.717) is 11.7 Å². The number of nitrogens with zero attached hydrogens (tertiary/aromatic N) is 4. The summed E-state index contributed by atoms with van der Waals surface area (Å²) in [6, 6.07) is 5.53. The fourth-order valence-corrected chi connectivity index (χ4v) is 2.58. The van der Waals surface area contributed by atoms with Gasteiger partial charge in [-0.3, -0.25) is 0 Å². The molecule has 82 valence electrons. The van der Waals surface area contributed by atoms with Crippen LogP contribution in [0.4, 0.5) is 0 Å². The van der Waals surface area contributed by atoms with Gasteiger partial charge in [-0.2, -0.15) is 5.26 Å². The Morgan fingerprint density at radius 3 is 3.25 bits per heavy atom. The molecular formula is C10H9ClN4S. The number of halogens is 1. The molecule has 1 aromatic heterocycles. The molecule has 4 nitrogen and oxygen atoms in total. The van der Waals surface area contributed by atoms with Crippen LogP contribution in [0.2, 0.25) is 5.15 Å². The van der Waals surface area contributed by atoms with Crippen molar-refractivity contribution in [3.63, 3.8) is 0 Å². The Labute approximate surface area is 103 Å². The zero-order chi connectivity index (χ0) is 11.4. The van der Waals surface area contributed by atoms with Crippen molar-refractivity contribution < 1.29 is 0 Å². The number of aliphatic imine (C=N–C) groups is 1. The molecule has 2 heterocycles. The number of hydrogen-bond donors (Lipinski definition) is 0. The minimum Gasteiger partial charge on any atom is -0.344 e. The molecule has 1 aliphatic heterocycles. The monoisotopic (exact) mass is 252 g/mol. The van der Waals surface area contributed by atoms with Gasteiger partial charge in [0, 0.05) is 12.3 Å². The van der Waals surface area contributed by atoms with Crippen LogP contribution in [0.1, 0.15) is 5.69 Å². The maximum atomic E-state index is 8.54. The lowest BCUT2D eigenvalue weighted by Crippen LogP contribution is -2.24. The Morgan fingerprint density at radius 1 is 1.62 bits per heavy atom. The predicted molar refractivity (Wildman–Crippen MR) is 65.2 cm³/mol. The molecule has 16 heavy (non-hydrogen) atoms. The number of hydrogen-bond acceptors (Lipinski definition) is 4. The predicted octanol–water partition coefficient (Wildman–Crippen LogP) is 2.12. The van der Waals surface area contributed by atoms with E-state index in [0.717, 1.165) is 23.2 Å². The number of thioether (sulfide) groups is 1. The second kappa shape index (κ2) is 5.19. The minimum absolute atomic E-state index is 0.489. The Balaban J connectivity index is 2.10. The highest BCUT2D eigenvalue weighted by atomic mass is 35.5. The van der Waals surface area contributed by atoms with Gasteiger partial charge in [0.15, 0.2) is 5.17 Å². The van der Waals surface area contributed by atoms with Gasteiger partial charge in [-0.1, -0.05) is 29.4 Å². The summed E-state index contributed by atoms with van der Waals surface area (Å²) >= 11 is 7.40. The second-order valence-electron chi connectivity index (χ2n) is 3.22. The van der Waals surface area contributed by atoms with Gasteiger partial charge in [0.05, 0.1) is 12.2 Å². The summed E-state index contributed by atoms with van der Waals surface area (Å²) in [4.78, 5) is 10.0. The van der Waals surface area contributed by atoms with Crippen molar-refractivity contribution >= 4 is 28.5 Å². The lowest BCUT2D eigenvalue weighted by Gasteiger charge is -2.16. The first-order valence-electron chi connectivity index (χ1n) is 4.75. The Kier molecular flexibility index (Phi) is 3.65. The highest BCUT2D eigenvalue weighted by Gasteiger charge is 2.19. The highest BCUT2D eigenvalue weighted by Crippen LogP contribution is 2.20. The molecule has 6 heteroatoms. The first kappa shape index (κ1) is 11.2. The van der Waals surface area contributed by atoms with E-state index in [1.54, 1.807) is 17.8 Å². The third-order valence-corrected chi connectivity index (χ3v) is 3.34. The molecule has 0 radical (unpaired) electrons. The molecule has 2 rings (SSSR count). The van der Waals surface area contributed by atoms with Gasteiger partial charge < -0.3 is 4.90 Å². The average Bonchev–Trinajstić information content (AvgIpc) is 2.66. The average molecular weight is 253 g/mol. The molecule has 0 bridgehead atoms. The van der Waals surface area contributed by atoms with Crippen molar-refractivity contribution in [1.29, 1.82) is 5.26 Å². The maximum Gasteiger partial charge on any atom is 0.208 e. The van der Waals surface area contributed by atoms with Crippen molar-refractivity contribution in [1.82, 2.24) is 9.88 Å². The largest absolute Gasteiger partial charge is 0.344 e. The Hall–Kier alpha value is -1.25. The third kappa shape index (κ3) is 2.65. The molecule has 0 N–H and O–H groups in total. The quantitative estimate of drug-likeness (QED) is 0.598. The number of aromatic nitrogens is 1. The number of rotatable bonds is 2. The fourth-order valence-electron chi connectivity index (χ4n) is 1.46. The van der Waals surface area contributed by atoms with Gasteiger partial charge in [-0.25, -0.2) is 4.98 Å². The summed E-state index contributed by atoms with van der Waals surface area (Å²) in [5.74, 6) is 0.959. The summed E-state index contributed by atoms with van der Waals surface area (Å²) in [5, 5.41) is 9.80. The fraction of sp³-hybridized carbons (Fsp3) is 0.300. The number of nitriles is 1. The van der Waals surface area contributed by atoms with Gasteiger partial charge in [0.2, 0.25) is 6.19 Å². The van der Waals surface area contributed by atoms with E-state index in [-0.39, 0.29) is 0 Å². The molecule has 1 aliphatic rings. The van der Waals surface area contributed by atoms with E-state index in [1.807, 2.05) is 23.2 Å². The molecule has 0 atom stereocenters. The molecule has 1 fully saturated rings. The number of pyridine rings is 1. The van der Waals surface area contributed by atoms with Crippen LogP contribution in [0.3, 0.4) is 0 Å². The van der Waals surface area contributed by atoms with E-state index < -0.39 is 0 Å². The van der Waals surface area contributed by atoms with E-state index in [9.17, 15) is 0 Å². The van der Waals surface area contributed by atoms with Crippen LogP contribution in [0.15, 0.2) is 23.2 Å². The standard InChI is InChI=1S/C10H9ClN4S/c11-9-3-1-2-8(14-9)6-15-4-5-16-10(15)13-7-12/h1-3H,4-6H2. The zero-order valence-electron chi connectivity index (χ0n) is 8.43. The van der Waals surface area contributed by atoms with Crippen LogP contribution < -0.4 is 0 Å². The van der Waals surface area contributed by atoms with Crippen molar-refractivity contribution in [3.8, 4) is 6.19 Å². The van der Waals surface area contributed by atoms with Crippen molar-refractivity contribution in [2.45, 2.75) is 6.54 Å². The van der Waals surface area contributed by atoms with Crippen LogP contribution in [0, 0.1) is 11.5 Å². The van der Waals surface area contributed by atoms with Crippen LogP contribution in [-0.4, -0.2) is 27.3 Å². The molecular weight excluding hydrogens is 244 g/mol. The van der Waals surface area contributed by atoms with Gasteiger partial charge in [-0.05, 0) is 12.1 Å². The van der Waals surface area contributed by atoms with Gasteiger partial charge in [0.25, 0.3) is 0 Å². The minimum atomic E-state index is 0.489. The van der Waals surface area contributed by atoms with E-state index >= 15 is 0 Å². The lowest BCUT2D eigenvalue weighted by atomic mass is 10.3. The normalized spacial score (nSPS) is 17.8. The molecule has 0 aliphatic carbocycles. The molecule has 0 amide bonds. The third-order valence-electron chi connectivity index (χ3n) is 2.13. The van der Waals surface area contributed by atoms with E-state index in [2.05, 4.69) is 9.98 Å². The summed E-state index contributed by atoms with van der Waals surface area (Å²) in [6.07, 6.45) is 1.82. The summed E-state index contributed by atoms with van der Waals surface area (Å²) in [6.45, 7) is 1.54. The van der Waals surface area contributed by atoms with Crippen LogP contribution >= 0.6 is 23.4 Å². The van der Waals surface area contributed by atoms with Crippen LogP contribution in [0.5, 0.6) is 0 Å². The van der Waals surface area contributed by atoms with E-state index in [1.165, 1.54) is 0 Å².